The highest BCUT2D eigenvalue weighted by molar-refractivity contribution is 7.22. The normalized spacial score (nSPS) is 24.2. The van der Waals surface area contributed by atoms with E-state index in [2.05, 4.69) is 30.5 Å². The molecular weight excluding hydrogens is 698 g/mol. The molecule has 4 unspecified atom stereocenters. The maximum atomic E-state index is 16.9. The first-order valence-electron chi connectivity index (χ1n) is 18.0. The van der Waals surface area contributed by atoms with Crippen molar-refractivity contribution >= 4 is 49.5 Å². The number of piperazine rings is 1. The highest BCUT2D eigenvalue weighted by Crippen LogP contribution is 2.43. The number of alkyl halides is 1. The molecule has 12 nitrogen and oxygen atoms in total. The minimum Gasteiger partial charge on any atom is -0.467 e. The molecule has 0 spiro atoms. The van der Waals surface area contributed by atoms with Gasteiger partial charge in [-0.25, -0.2) is 22.9 Å². The second-order valence-corrected chi connectivity index (χ2v) is 16.4. The van der Waals surface area contributed by atoms with E-state index in [4.69, 9.17) is 9.47 Å². The van der Waals surface area contributed by atoms with Gasteiger partial charge in [-0.05, 0) is 84.4 Å². The smallest absolute Gasteiger partial charge is 0.413 e. The largest absolute Gasteiger partial charge is 0.467 e. The molecule has 4 aromatic rings. The number of anilines is 2. The summed E-state index contributed by atoms with van der Waals surface area (Å²) in [4.78, 5) is 44.4. The summed E-state index contributed by atoms with van der Waals surface area (Å²) in [5, 5.41) is 6.28. The quantitative estimate of drug-likeness (QED) is 0.245. The Morgan fingerprint density at radius 3 is 2.42 bits per heavy atom. The molecule has 5 fully saturated rings. The van der Waals surface area contributed by atoms with Crippen molar-refractivity contribution in [2.45, 2.75) is 102 Å². The lowest BCUT2D eigenvalue weighted by Gasteiger charge is -2.34. The predicted molar refractivity (Wildman–Crippen MR) is 193 cm³/mol. The second-order valence-electron chi connectivity index (χ2n) is 15.4. The molecule has 1 saturated carbocycles. The van der Waals surface area contributed by atoms with E-state index in [9.17, 15) is 14.0 Å². The van der Waals surface area contributed by atoms with E-state index in [-0.39, 0.29) is 61.6 Å². The average molecular weight is 741 g/mol. The van der Waals surface area contributed by atoms with Gasteiger partial charge in [-0.15, -0.1) is 0 Å². The summed E-state index contributed by atoms with van der Waals surface area (Å²) in [5.41, 5.74) is -1.04. The SMILES string of the molecule is COc1nc(N2CC3CCC(C2)N3)c2c(=O)n(C3CC3)c(-c3ccc(F)c4sc(NC(=O)OC(C)(C)C)nc34)c(F)c2n1.FC1CC2CCCN2C1. The van der Waals surface area contributed by atoms with Gasteiger partial charge >= 0.3 is 12.1 Å². The Bertz CT molecular complexity index is 2080. The van der Waals surface area contributed by atoms with Gasteiger partial charge in [0.05, 0.1) is 23.0 Å². The lowest BCUT2D eigenvalue weighted by atomic mass is 10.1. The fraction of sp³-hybridized carbons (Fsp3) is 0.583. The van der Waals surface area contributed by atoms with Crippen molar-refractivity contribution in [1.29, 1.82) is 0 Å². The zero-order chi connectivity index (χ0) is 36.5. The van der Waals surface area contributed by atoms with Crippen LogP contribution in [0.1, 0.15) is 71.8 Å². The molecule has 4 aliphatic heterocycles. The van der Waals surface area contributed by atoms with Crippen molar-refractivity contribution in [3.05, 3.63) is 34.1 Å². The molecule has 16 heteroatoms. The van der Waals surface area contributed by atoms with Crippen LogP contribution >= 0.6 is 11.3 Å². The molecule has 1 amide bonds. The van der Waals surface area contributed by atoms with Gasteiger partial charge in [0, 0.05) is 49.4 Å². The number of aromatic nitrogens is 4. The number of rotatable bonds is 5. The molecule has 278 valence electrons. The molecule has 1 aliphatic carbocycles. The summed E-state index contributed by atoms with van der Waals surface area (Å²) in [6.07, 6.45) is 5.48. The van der Waals surface area contributed by atoms with Gasteiger partial charge in [0.15, 0.2) is 10.9 Å². The van der Waals surface area contributed by atoms with Gasteiger partial charge in [-0.2, -0.15) is 9.97 Å². The first kappa shape index (κ1) is 35.0. The third kappa shape index (κ3) is 6.68. The topological polar surface area (TPSA) is 127 Å². The summed E-state index contributed by atoms with van der Waals surface area (Å²) in [5.74, 6) is -0.981. The molecule has 7 heterocycles. The number of fused-ring (bicyclic) bond motifs is 5. The molecule has 3 aromatic heterocycles. The number of methoxy groups -OCH3 is 1. The highest BCUT2D eigenvalue weighted by Gasteiger charge is 2.38. The van der Waals surface area contributed by atoms with E-state index in [0.717, 1.165) is 37.1 Å². The summed E-state index contributed by atoms with van der Waals surface area (Å²) in [6.45, 7) is 8.28. The molecule has 1 aromatic carbocycles. The van der Waals surface area contributed by atoms with Gasteiger partial charge in [0.2, 0.25) is 0 Å². The standard InChI is InChI=1S/C29H31F2N7O4S.C7H12FN/c1-29(2,3)42-28(40)36-27-34-20-16(9-10-17(30)23(20)43-27)22-19(31)21-18(25(39)38(22)15-7-8-15)24(35-26(33-21)41-4)37-11-13-5-6-14(12-37)32-13;8-6-4-7-2-1-3-9(7)5-6/h9-10,13-15,32H,5-8,11-12H2,1-4H3,(H,34,36,40);6-7H,1-5H2. The Morgan fingerprint density at radius 2 is 1.75 bits per heavy atom. The number of ether oxygens (including phenoxy) is 2. The summed E-state index contributed by atoms with van der Waals surface area (Å²) in [7, 11) is 1.40. The third-order valence-corrected chi connectivity index (χ3v) is 11.4. The van der Waals surface area contributed by atoms with Crippen molar-refractivity contribution in [1.82, 2.24) is 29.7 Å². The average Bonchev–Trinajstić information content (AvgIpc) is 3.32. The van der Waals surface area contributed by atoms with Gasteiger partial charge in [0.1, 0.15) is 34.3 Å². The molecule has 4 saturated heterocycles. The molecule has 0 radical (unpaired) electrons. The van der Waals surface area contributed by atoms with Crippen LogP contribution in [-0.2, 0) is 4.74 Å². The molecule has 2 bridgehead atoms. The number of carbonyl (C=O) groups is 1. The van der Waals surface area contributed by atoms with Crippen molar-refractivity contribution in [2.75, 3.05) is 43.5 Å². The predicted octanol–water partition coefficient (Wildman–Crippen LogP) is 6.17. The van der Waals surface area contributed by atoms with Crippen LogP contribution in [0, 0.1) is 11.6 Å². The van der Waals surface area contributed by atoms with Crippen LogP contribution in [0.25, 0.3) is 32.4 Å². The number of nitrogens with zero attached hydrogens (tertiary/aromatic N) is 6. The molecule has 4 atom stereocenters. The van der Waals surface area contributed by atoms with Crippen LogP contribution in [0.2, 0.25) is 0 Å². The molecular formula is C36H43F3N8O4S. The number of thiazole rings is 1. The third-order valence-electron chi connectivity index (χ3n) is 10.4. The fourth-order valence-electron chi connectivity index (χ4n) is 8.08. The Kier molecular flexibility index (Phi) is 9.05. The van der Waals surface area contributed by atoms with Crippen molar-refractivity contribution < 1.29 is 27.4 Å². The number of pyridine rings is 1. The second kappa shape index (κ2) is 13.4. The van der Waals surface area contributed by atoms with Gasteiger partial charge in [0.25, 0.3) is 5.56 Å². The van der Waals surface area contributed by atoms with Crippen LogP contribution < -0.4 is 25.8 Å². The van der Waals surface area contributed by atoms with Crippen LogP contribution in [0.15, 0.2) is 16.9 Å². The van der Waals surface area contributed by atoms with E-state index in [1.54, 1.807) is 20.8 Å². The first-order valence-corrected chi connectivity index (χ1v) is 18.9. The van der Waals surface area contributed by atoms with Crippen molar-refractivity contribution in [3.8, 4) is 17.3 Å². The molecule has 52 heavy (non-hydrogen) atoms. The summed E-state index contributed by atoms with van der Waals surface area (Å²) in [6, 6.07) is 3.44. The fourth-order valence-corrected chi connectivity index (χ4v) is 8.96. The molecule has 2 N–H and O–H groups in total. The van der Waals surface area contributed by atoms with Crippen LogP contribution in [0.5, 0.6) is 6.01 Å². The van der Waals surface area contributed by atoms with E-state index in [1.165, 1.54) is 36.7 Å². The minimum atomic E-state index is -0.752. The van der Waals surface area contributed by atoms with Crippen LogP contribution in [-0.4, -0.2) is 93.7 Å². The Balaban J connectivity index is 0.000000372. The Hall–Kier alpha value is -4.02. The van der Waals surface area contributed by atoms with Crippen LogP contribution in [0.3, 0.4) is 0 Å². The summed E-state index contributed by atoms with van der Waals surface area (Å²) >= 11 is 0.898. The van der Waals surface area contributed by atoms with E-state index in [1.807, 2.05) is 4.90 Å². The zero-order valence-electron chi connectivity index (χ0n) is 29.7. The molecule has 9 rings (SSSR count). The lowest BCUT2D eigenvalue weighted by Crippen LogP contribution is -2.51. The number of amides is 1. The van der Waals surface area contributed by atoms with Crippen molar-refractivity contribution in [3.63, 3.8) is 0 Å². The summed E-state index contributed by atoms with van der Waals surface area (Å²) < 4.78 is 56.8. The first-order chi connectivity index (χ1) is 24.9. The minimum absolute atomic E-state index is 0.0359. The number of carbonyl (C=O) groups excluding carboxylic acids is 1. The lowest BCUT2D eigenvalue weighted by molar-refractivity contribution is 0.0636. The number of halogens is 3. The maximum Gasteiger partial charge on any atom is 0.413 e. The van der Waals surface area contributed by atoms with Gasteiger partial charge < -0.3 is 24.3 Å². The van der Waals surface area contributed by atoms with Gasteiger partial charge in [-0.3, -0.25) is 15.0 Å². The Morgan fingerprint density at radius 1 is 1.00 bits per heavy atom. The highest BCUT2D eigenvalue weighted by atomic mass is 32.1. The number of hydrogen-bond donors (Lipinski definition) is 2. The zero-order valence-corrected chi connectivity index (χ0v) is 30.5. The van der Waals surface area contributed by atoms with E-state index < -0.39 is 35.1 Å². The number of nitrogens with one attached hydrogen (secondary N) is 2. The van der Waals surface area contributed by atoms with Crippen molar-refractivity contribution in [2.24, 2.45) is 0 Å². The Labute approximate surface area is 302 Å². The van der Waals surface area contributed by atoms with E-state index in [0.29, 0.717) is 44.3 Å². The van der Waals surface area contributed by atoms with Gasteiger partial charge in [-0.1, -0.05) is 11.3 Å². The monoisotopic (exact) mass is 740 g/mol. The van der Waals surface area contributed by atoms with E-state index >= 15 is 8.78 Å². The number of hydrogen-bond acceptors (Lipinski definition) is 11. The molecule has 5 aliphatic rings. The van der Waals surface area contributed by atoms with Crippen LogP contribution in [0.4, 0.5) is 28.9 Å². The maximum absolute atomic E-state index is 16.9. The number of benzene rings is 1.